The van der Waals surface area contributed by atoms with Gasteiger partial charge in [0.15, 0.2) is 12.5 Å². The lowest BCUT2D eigenvalue weighted by atomic mass is 9.85. The van der Waals surface area contributed by atoms with Crippen LogP contribution in [0.5, 0.6) is 5.75 Å². The molecule has 4 aliphatic heterocycles. The van der Waals surface area contributed by atoms with Crippen molar-refractivity contribution in [2.45, 2.75) is 82.7 Å². The summed E-state index contributed by atoms with van der Waals surface area (Å²) in [6, 6.07) is 6.27. The second-order valence-corrected chi connectivity index (χ2v) is 14.4. The van der Waals surface area contributed by atoms with Crippen LogP contribution in [0.2, 0.25) is 0 Å². The van der Waals surface area contributed by atoms with Gasteiger partial charge < -0.3 is 24.4 Å². The molecule has 4 heterocycles. The lowest BCUT2D eigenvalue weighted by Crippen LogP contribution is -2.58. The van der Waals surface area contributed by atoms with Gasteiger partial charge in [-0.2, -0.15) is 13.2 Å². The molecule has 1 saturated carbocycles. The van der Waals surface area contributed by atoms with Gasteiger partial charge in [0.05, 0.1) is 30.0 Å². The quantitative estimate of drug-likeness (QED) is 0.272. The maximum absolute atomic E-state index is 14.3. The normalized spacial score (nSPS) is 26.3. The Hall–Kier alpha value is -3.97. The highest BCUT2D eigenvalue weighted by molar-refractivity contribution is 5.97. The number of nitrogens with zero attached hydrogens (tertiary/aromatic N) is 3. The smallest absolute Gasteiger partial charge is 0.416 e. The van der Waals surface area contributed by atoms with E-state index in [0.717, 1.165) is 62.0 Å². The molecule has 1 N–H and O–H groups in total. The van der Waals surface area contributed by atoms with E-state index >= 15 is 0 Å². The number of hydrogen-bond acceptors (Lipinski definition) is 6. The summed E-state index contributed by atoms with van der Waals surface area (Å²) in [5.41, 5.74) is -0.0836. The first-order valence-corrected chi connectivity index (χ1v) is 17.4. The maximum atomic E-state index is 14.3. The second-order valence-electron chi connectivity index (χ2n) is 14.4. The molecule has 0 aromatic heterocycles. The third-order valence-corrected chi connectivity index (χ3v) is 10.8. The van der Waals surface area contributed by atoms with Crippen LogP contribution >= 0.6 is 0 Å². The number of anilines is 1. The summed E-state index contributed by atoms with van der Waals surface area (Å²) < 4.78 is 68.4. The van der Waals surface area contributed by atoms with Crippen LogP contribution in [0.3, 0.4) is 0 Å². The van der Waals surface area contributed by atoms with Crippen molar-refractivity contribution in [3.8, 4) is 5.75 Å². The Bertz CT molecular complexity index is 1720. The number of alkyl halides is 3. The number of ether oxygens (including phenoxy) is 2. The summed E-state index contributed by atoms with van der Waals surface area (Å²) in [4.78, 5) is 43.4. The molecule has 2 saturated heterocycles. The summed E-state index contributed by atoms with van der Waals surface area (Å²) in [7, 11) is 0. The zero-order chi connectivity index (χ0) is 35.4. The lowest BCUT2D eigenvalue weighted by Gasteiger charge is -2.45. The van der Waals surface area contributed by atoms with Crippen LogP contribution in [-0.4, -0.2) is 77.3 Å². The highest BCUT2D eigenvalue weighted by atomic mass is 19.4. The number of carboxylic acids is 1. The predicted octanol–water partition coefficient (Wildman–Crippen LogP) is 6.19. The van der Waals surface area contributed by atoms with Crippen molar-refractivity contribution in [3.63, 3.8) is 0 Å². The molecule has 9 nitrogen and oxygen atoms in total. The maximum Gasteiger partial charge on any atom is 0.416 e. The van der Waals surface area contributed by atoms with Gasteiger partial charge in [-0.3, -0.25) is 14.5 Å². The molecule has 13 heteroatoms. The van der Waals surface area contributed by atoms with Crippen LogP contribution in [-0.2, 0) is 33.5 Å². The Morgan fingerprint density at radius 2 is 1.88 bits per heavy atom. The minimum absolute atomic E-state index is 0.0272. The Morgan fingerprint density at radius 3 is 2.54 bits per heavy atom. The van der Waals surface area contributed by atoms with Crippen LogP contribution in [0.4, 0.5) is 23.2 Å². The molecule has 0 radical (unpaired) electrons. The zero-order valence-electron chi connectivity index (χ0n) is 27.9. The van der Waals surface area contributed by atoms with E-state index in [9.17, 15) is 37.1 Å². The van der Waals surface area contributed by atoms with Crippen molar-refractivity contribution in [3.05, 3.63) is 70.1 Å². The van der Waals surface area contributed by atoms with Gasteiger partial charge in [-0.15, -0.1) is 0 Å². The summed E-state index contributed by atoms with van der Waals surface area (Å²) in [5, 5.41) is 9.32. The number of amides is 2. The Balaban J connectivity index is 1.03. The van der Waals surface area contributed by atoms with Gasteiger partial charge in [0.2, 0.25) is 5.91 Å². The molecule has 5 aliphatic rings. The molecule has 3 fully saturated rings. The van der Waals surface area contributed by atoms with Crippen LogP contribution in [0.15, 0.2) is 42.0 Å². The minimum Gasteiger partial charge on any atom is -0.478 e. The number of hydrogen-bond donors (Lipinski definition) is 1. The molecule has 50 heavy (non-hydrogen) atoms. The molecule has 2 aromatic carbocycles. The number of rotatable bonds is 7. The van der Waals surface area contributed by atoms with Gasteiger partial charge in [0.1, 0.15) is 11.4 Å². The van der Waals surface area contributed by atoms with E-state index < -0.39 is 29.1 Å². The van der Waals surface area contributed by atoms with Crippen molar-refractivity contribution >= 4 is 23.5 Å². The van der Waals surface area contributed by atoms with Crippen molar-refractivity contribution in [2.75, 3.05) is 37.9 Å². The average molecular weight is 700 g/mol. The third-order valence-electron chi connectivity index (χ3n) is 10.8. The SMILES string of the molecule is CC1C=C(Cc2ccc(F)c(C(=O)O)c2)CCN(C2CC[C@@](C(=O)N3COc4c(cc(C(F)(F)F)cc4N4CCCC4=O)C3)(C3CC3)OC2)C1. The van der Waals surface area contributed by atoms with E-state index in [-0.39, 0.29) is 72.0 Å². The van der Waals surface area contributed by atoms with E-state index in [1.165, 1.54) is 21.9 Å². The lowest BCUT2D eigenvalue weighted by molar-refractivity contribution is -0.180. The molecule has 3 atom stereocenters. The second kappa shape index (κ2) is 13.3. The monoisotopic (exact) mass is 699 g/mol. The van der Waals surface area contributed by atoms with Gasteiger partial charge in [-0.1, -0.05) is 24.6 Å². The fourth-order valence-corrected chi connectivity index (χ4v) is 8.17. The number of carboxylic acid groups (broad SMARTS) is 1. The van der Waals surface area contributed by atoms with Crippen molar-refractivity contribution in [2.24, 2.45) is 11.8 Å². The number of fused-ring (bicyclic) bond motifs is 1. The Morgan fingerprint density at radius 1 is 1.08 bits per heavy atom. The molecule has 7 rings (SSSR count). The predicted molar refractivity (Wildman–Crippen MR) is 174 cm³/mol. The molecule has 2 aromatic rings. The summed E-state index contributed by atoms with van der Waals surface area (Å²) >= 11 is 0. The first-order chi connectivity index (χ1) is 23.8. The summed E-state index contributed by atoms with van der Waals surface area (Å²) in [6.45, 7) is 4.09. The number of benzene rings is 2. The van der Waals surface area contributed by atoms with Gasteiger partial charge in [0.25, 0.3) is 5.91 Å². The molecule has 2 amide bonds. The van der Waals surface area contributed by atoms with Crippen LogP contribution < -0.4 is 9.64 Å². The highest BCUT2D eigenvalue weighted by Gasteiger charge is 2.56. The number of carbonyl (C=O) groups excluding carboxylic acids is 2. The highest BCUT2D eigenvalue weighted by Crippen LogP contribution is 2.49. The molecular formula is C37H41F4N3O6. The van der Waals surface area contributed by atoms with Crippen LogP contribution in [0, 0.1) is 17.7 Å². The molecular weight excluding hydrogens is 658 g/mol. The molecule has 0 spiro atoms. The topological polar surface area (TPSA) is 99.6 Å². The van der Waals surface area contributed by atoms with Gasteiger partial charge in [-0.25, -0.2) is 9.18 Å². The largest absolute Gasteiger partial charge is 0.478 e. The summed E-state index contributed by atoms with van der Waals surface area (Å²) in [5.74, 6) is -2.13. The van der Waals surface area contributed by atoms with E-state index in [1.54, 1.807) is 6.07 Å². The Labute approximate surface area is 287 Å². The first kappa shape index (κ1) is 34.5. The minimum atomic E-state index is -4.64. The fraction of sp³-hybridized carbons (Fsp3) is 0.541. The first-order valence-electron chi connectivity index (χ1n) is 17.4. The number of halogens is 4. The summed E-state index contributed by atoms with van der Waals surface area (Å²) in [6.07, 6.45) is 2.53. The van der Waals surface area contributed by atoms with E-state index in [4.69, 9.17) is 9.47 Å². The molecule has 2 unspecified atom stereocenters. The van der Waals surface area contributed by atoms with Crippen LogP contribution in [0.25, 0.3) is 0 Å². The Kier molecular flexibility index (Phi) is 9.17. The van der Waals surface area contributed by atoms with Crippen molar-refractivity contribution in [1.82, 2.24) is 9.80 Å². The molecule has 1 aliphatic carbocycles. The van der Waals surface area contributed by atoms with Gasteiger partial charge in [-0.05, 0) is 86.6 Å². The van der Waals surface area contributed by atoms with E-state index in [2.05, 4.69) is 17.9 Å². The van der Waals surface area contributed by atoms with Gasteiger partial charge in [0, 0.05) is 37.7 Å². The average Bonchev–Trinajstić information content (AvgIpc) is 3.88. The third kappa shape index (κ3) is 6.73. The number of aromatic carboxylic acids is 1. The fourth-order valence-electron chi connectivity index (χ4n) is 8.17. The number of carbonyl (C=O) groups is 3. The molecule has 268 valence electrons. The van der Waals surface area contributed by atoms with Crippen LogP contribution in [0.1, 0.15) is 78.9 Å². The molecule has 0 bridgehead atoms. The standard InChI is InChI=1S/C37H41F4N3O6/c1-22-13-24(14-23-4-7-30(38)29(15-23)34(46)47)9-12-42(18-22)28-8-10-36(50-20-28,26-5-6-26)35(48)43-19-25-16-27(37(39,40)41)17-31(33(25)49-21-43)44-11-2-3-32(44)45/h4,7,13,15-17,22,26,28H,2-3,5-6,8-12,14,18-21H2,1H3,(H,46,47)/t22?,28?,36-/m0/s1. The zero-order valence-corrected chi connectivity index (χ0v) is 27.9. The van der Waals surface area contributed by atoms with Crippen molar-refractivity contribution < 1.29 is 46.5 Å². The van der Waals surface area contributed by atoms with E-state index in [0.29, 0.717) is 32.4 Å². The van der Waals surface area contributed by atoms with Gasteiger partial charge >= 0.3 is 12.1 Å². The van der Waals surface area contributed by atoms with Crippen molar-refractivity contribution in [1.29, 1.82) is 0 Å². The van der Waals surface area contributed by atoms with E-state index in [1.807, 2.05) is 0 Å².